The molecule has 1 unspecified atom stereocenters. The van der Waals surface area contributed by atoms with E-state index in [4.69, 9.17) is 4.98 Å². The summed E-state index contributed by atoms with van der Waals surface area (Å²) in [5, 5.41) is 12.9. The number of halogens is 6. The van der Waals surface area contributed by atoms with Gasteiger partial charge >= 0.3 is 216 Å². The van der Waals surface area contributed by atoms with Crippen LogP contribution in [0.3, 0.4) is 0 Å². The van der Waals surface area contributed by atoms with Crippen molar-refractivity contribution in [3.63, 3.8) is 0 Å². The first kappa shape index (κ1) is 27.3. The van der Waals surface area contributed by atoms with Gasteiger partial charge in [-0.25, -0.2) is 0 Å². The summed E-state index contributed by atoms with van der Waals surface area (Å²) in [4.78, 5) is 6.20. The molecule has 1 aliphatic carbocycles. The number of pyridine rings is 1. The maximum absolute atomic E-state index is 13.3. The number of nitrogens with zero attached hydrogens (tertiary/aromatic N) is 3. The van der Waals surface area contributed by atoms with Crippen LogP contribution in [0.15, 0.2) is 48.5 Å². The van der Waals surface area contributed by atoms with Crippen LogP contribution in [0.4, 0.5) is 26.3 Å². The molecule has 1 fully saturated rings. The van der Waals surface area contributed by atoms with Crippen LogP contribution in [0.5, 0.6) is 0 Å². The molecule has 1 aromatic heterocycles. The van der Waals surface area contributed by atoms with Crippen molar-refractivity contribution >= 4 is 30.0 Å². The zero-order valence-corrected chi connectivity index (χ0v) is 22.1. The topological polar surface area (TPSA) is 39.9 Å². The summed E-state index contributed by atoms with van der Waals surface area (Å²) in [6.07, 6.45) is -4.48. The molecule has 196 valence electrons. The Bertz CT molecular complexity index is 1260. The van der Waals surface area contributed by atoms with Gasteiger partial charge in [-0.3, -0.25) is 0 Å². The quantitative estimate of drug-likeness (QED) is 0.116. The van der Waals surface area contributed by atoms with E-state index in [0.29, 0.717) is 18.1 Å². The second-order valence-corrected chi connectivity index (χ2v) is 14.3. The Hall–Kier alpha value is -2.72. The van der Waals surface area contributed by atoms with Crippen molar-refractivity contribution in [2.75, 3.05) is 0 Å². The third-order valence-electron chi connectivity index (χ3n) is 6.27. The van der Waals surface area contributed by atoms with Gasteiger partial charge in [0, 0.05) is 0 Å². The van der Waals surface area contributed by atoms with Crippen molar-refractivity contribution in [3.8, 4) is 6.19 Å². The van der Waals surface area contributed by atoms with E-state index in [1.807, 2.05) is 36.5 Å². The van der Waals surface area contributed by atoms with Crippen molar-refractivity contribution < 1.29 is 26.3 Å². The fourth-order valence-corrected chi connectivity index (χ4v) is 10.4. The molecule has 1 aliphatic rings. The van der Waals surface area contributed by atoms with E-state index in [1.54, 1.807) is 0 Å². The van der Waals surface area contributed by atoms with E-state index in [2.05, 4.69) is 6.92 Å². The van der Waals surface area contributed by atoms with Gasteiger partial charge in [0.05, 0.1) is 0 Å². The van der Waals surface area contributed by atoms with Crippen LogP contribution < -0.4 is 4.48 Å². The Labute approximate surface area is 216 Å². The molecule has 3 nitrogen and oxygen atoms in total. The second kappa shape index (κ2) is 10.9. The molecule has 3 aromatic rings. The van der Waals surface area contributed by atoms with Gasteiger partial charge in [0.1, 0.15) is 0 Å². The van der Waals surface area contributed by atoms with Crippen LogP contribution in [-0.4, -0.2) is 24.5 Å². The van der Waals surface area contributed by atoms with Gasteiger partial charge in [0.2, 0.25) is 0 Å². The molecule has 1 saturated carbocycles. The molecule has 0 bridgehead atoms. The molecule has 37 heavy (non-hydrogen) atoms. The summed E-state index contributed by atoms with van der Waals surface area (Å²) < 4.78 is 80.9. The summed E-state index contributed by atoms with van der Waals surface area (Å²) >= 11 is -1.58. The van der Waals surface area contributed by atoms with Gasteiger partial charge in [-0.1, -0.05) is 0 Å². The van der Waals surface area contributed by atoms with Crippen LogP contribution >= 0.6 is 0 Å². The molecular weight excluding hydrogens is 555 g/mol. The molecule has 0 radical (unpaired) electrons. The van der Waals surface area contributed by atoms with E-state index in [-0.39, 0.29) is 24.7 Å². The van der Waals surface area contributed by atoms with Crippen molar-refractivity contribution in [2.45, 2.75) is 62.0 Å². The molecule has 10 heteroatoms. The number of fused-ring (bicyclic) bond motifs is 1. The van der Waals surface area contributed by atoms with Crippen LogP contribution in [0, 0.1) is 17.4 Å². The number of aromatic nitrogens is 1. The summed E-state index contributed by atoms with van der Waals surface area (Å²) in [6, 6.07) is 11.1. The first-order valence-corrected chi connectivity index (χ1v) is 15.6. The minimum absolute atomic E-state index is 0.0703. The number of alkyl halides is 6. The molecule has 0 spiro atoms. The second-order valence-electron chi connectivity index (χ2n) is 9.42. The molecule has 0 amide bonds. The van der Waals surface area contributed by atoms with Gasteiger partial charge in [-0.05, 0) is 0 Å². The summed E-state index contributed by atoms with van der Waals surface area (Å²) in [7, 11) is 0. The van der Waals surface area contributed by atoms with Crippen molar-refractivity contribution in [1.82, 2.24) is 9.88 Å². The third kappa shape index (κ3) is 6.98. The number of hydrogen-bond donors (Lipinski definition) is 0. The molecule has 4 rings (SSSR count). The van der Waals surface area contributed by atoms with Gasteiger partial charge in [0.15, 0.2) is 0 Å². The Morgan fingerprint density at radius 3 is 2.19 bits per heavy atom. The Morgan fingerprint density at radius 2 is 1.62 bits per heavy atom. The normalized spacial score (nSPS) is 15.0. The SMILES string of the molecule is CCC[As](CC1CC1)c1nc2ccccc2cc1CN(C#N)Cc1cc(C(F)(F)F)cc(C(F)(F)F)c1. The number of hydrogen-bond acceptors (Lipinski definition) is 3. The number of nitriles is 1. The predicted octanol–water partition coefficient (Wildman–Crippen LogP) is 7.28. The van der Waals surface area contributed by atoms with Crippen LogP contribution in [-0.2, 0) is 25.4 Å². The minimum atomic E-state index is -4.94. The van der Waals surface area contributed by atoms with Gasteiger partial charge in [0.25, 0.3) is 0 Å². The molecule has 0 N–H and O–H groups in total. The molecule has 1 atom stereocenters. The Balaban J connectivity index is 1.70. The third-order valence-corrected chi connectivity index (χ3v) is 12.4. The molecule has 0 aliphatic heterocycles. The fraction of sp³-hybridized carbons (Fsp3) is 0.407. The molecule has 1 heterocycles. The van der Waals surface area contributed by atoms with E-state index < -0.39 is 38.1 Å². The van der Waals surface area contributed by atoms with E-state index in [1.165, 1.54) is 17.7 Å². The predicted molar refractivity (Wildman–Crippen MR) is 131 cm³/mol. The molecule has 2 aromatic carbocycles. The number of para-hydroxylation sites is 1. The number of benzene rings is 2. The molecular formula is C27H26AsF6N3. The van der Waals surface area contributed by atoms with E-state index >= 15 is 0 Å². The van der Waals surface area contributed by atoms with Crippen LogP contribution in [0.1, 0.15) is 48.4 Å². The average molecular weight is 581 g/mol. The maximum atomic E-state index is 13.3. The van der Waals surface area contributed by atoms with E-state index in [0.717, 1.165) is 37.8 Å². The number of rotatable bonds is 9. The monoisotopic (exact) mass is 581 g/mol. The molecule has 0 saturated heterocycles. The average Bonchev–Trinajstić information content (AvgIpc) is 3.66. The Kier molecular flexibility index (Phi) is 8.08. The van der Waals surface area contributed by atoms with Crippen LogP contribution in [0.2, 0.25) is 10.4 Å². The van der Waals surface area contributed by atoms with E-state index in [9.17, 15) is 31.6 Å². The Morgan fingerprint density at radius 1 is 0.973 bits per heavy atom. The van der Waals surface area contributed by atoms with Crippen LogP contribution in [0.25, 0.3) is 10.9 Å². The zero-order valence-electron chi connectivity index (χ0n) is 20.2. The first-order valence-electron chi connectivity index (χ1n) is 12.0. The van der Waals surface area contributed by atoms with Crippen molar-refractivity contribution in [1.29, 1.82) is 5.26 Å². The fourth-order valence-electron chi connectivity index (χ4n) is 4.37. The van der Waals surface area contributed by atoms with Crippen molar-refractivity contribution in [2.24, 2.45) is 5.92 Å². The standard InChI is InChI=1S/C27H26AsF6N3/c1-2-9-28(14-18-7-8-18)25-21(12-20-5-3-4-6-24(20)36-25)16-37(17-35)15-19-10-22(26(29,30)31)13-23(11-19)27(32,33)34/h3-6,10-13,18H,2,7-9,14-16H2,1H3. The summed E-state index contributed by atoms with van der Waals surface area (Å²) in [5.41, 5.74) is -1.31. The first-order chi connectivity index (χ1) is 17.5. The van der Waals surface area contributed by atoms with Gasteiger partial charge < -0.3 is 0 Å². The van der Waals surface area contributed by atoms with Crippen molar-refractivity contribution in [3.05, 3.63) is 70.8 Å². The zero-order chi connectivity index (χ0) is 26.8. The summed E-state index contributed by atoms with van der Waals surface area (Å²) in [6.45, 7) is 1.82. The summed E-state index contributed by atoms with van der Waals surface area (Å²) in [5.74, 6) is 0.700. The van der Waals surface area contributed by atoms with Gasteiger partial charge in [-0.15, -0.1) is 0 Å². The van der Waals surface area contributed by atoms with Gasteiger partial charge in [-0.2, -0.15) is 0 Å².